The Kier molecular flexibility index (Phi) is 21.7. The molecule has 0 amide bonds. The molecule has 0 aliphatic rings. The van der Waals surface area contributed by atoms with Crippen LogP contribution in [0.25, 0.3) is 0 Å². The highest BCUT2D eigenvalue weighted by Gasteiger charge is 2.29. The normalized spacial score (nSPS) is 13.5. The van der Waals surface area contributed by atoms with Gasteiger partial charge in [0, 0.05) is 12.2 Å². The fourth-order valence-electron chi connectivity index (χ4n) is 3.19. The zero-order valence-corrected chi connectivity index (χ0v) is 33.0. The Morgan fingerprint density at radius 2 is 0.684 bits per heavy atom. The fraction of sp³-hybridized carbons (Fsp3) is 0.778. The van der Waals surface area contributed by atoms with Crippen LogP contribution >= 0.6 is 133 Å². The van der Waals surface area contributed by atoms with E-state index in [0.29, 0.717) is 75.5 Å². The first-order valence-corrected chi connectivity index (χ1v) is 32.5. The number of rotatable bonds is 20. The summed E-state index contributed by atoms with van der Waals surface area (Å²) < 4.78 is 11.0. The van der Waals surface area contributed by atoms with E-state index in [2.05, 4.69) is 0 Å². The highest BCUT2D eigenvalue weighted by molar-refractivity contribution is 7.66. The highest BCUT2D eigenvalue weighted by atomic mass is 35.9. The van der Waals surface area contributed by atoms with E-state index in [1.807, 2.05) is 0 Å². The molecular weight excluding hydrogens is 818 g/mol. The van der Waals surface area contributed by atoms with Crippen LogP contribution in [0.5, 0.6) is 0 Å². The number of halogens is 12. The molecule has 0 N–H and O–H groups in total. The lowest BCUT2D eigenvalue weighted by Gasteiger charge is -2.19. The molecule has 0 radical (unpaired) electrons. The maximum atomic E-state index is 12.4. The minimum absolute atomic E-state index is 0.413. The Morgan fingerprint density at radius 1 is 0.474 bits per heavy atom. The molecule has 0 saturated carbocycles. The van der Waals surface area contributed by atoms with Crippen LogP contribution in [-0.2, 0) is 19.1 Å². The van der Waals surface area contributed by atoms with Gasteiger partial charge in [-0.25, -0.2) is 9.59 Å². The fourth-order valence-corrected chi connectivity index (χ4v) is 10.4. The van der Waals surface area contributed by atoms with Crippen molar-refractivity contribution in [3.63, 3.8) is 0 Å². The average molecular weight is 846 g/mol. The molecule has 20 heteroatoms. The monoisotopic (exact) mass is 840 g/mol. The van der Waals surface area contributed by atoms with E-state index in [1.54, 1.807) is 0 Å². The van der Waals surface area contributed by atoms with E-state index in [9.17, 15) is 9.59 Å². The third-order valence-electron chi connectivity index (χ3n) is 4.87. The third-order valence-corrected chi connectivity index (χ3v) is 15.4. The summed E-state index contributed by atoms with van der Waals surface area (Å²) in [5, 5.41) is 0. The van der Waals surface area contributed by atoms with Crippen molar-refractivity contribution in [3.05, 3.63) is 12.2 Å². The van der Waals surface area contributed by atoms with Gasteiger partial charge in [0.05, 0.1) is 0 Å². The van der Waals surface area contributed by atoms with E-state index < -0.39 is 48.2 Å². The molecule has 0 heterocycles. The molecule has 0 aromatic rings. The molecular formula is C18H28Cl12O4Si4. The SMILES string of the molecule is O=C(/C=C/C(=O)OC(CCC[Si](Cl)(Cl)Cl)CCC[Si](Cl)(Cl)Cl)OC(CCC[Si](Cl)(Cl)Cl)CCC[Si](Cl)(Cl)Cl. The zero-order chi connectivity index (χ0) is 29.6. The van der Waals surface area contributed by atoms with Gasteiger partial charge >= 0.3 is 36.0 Å². The predicted molar refractivity (Wildman–Crippen MR) is 178 cm³/mol. The molecule has 0 saturated heterocycles. The van der Waals surface area contributed by atoms with E-state index in [0.717, 1.165) is 12.2 Å². The van der Waals surface area contributed by atoms with Gasteiger partial charge in [0.1, 0.15) is 12.2 Å². The number of hydrogen-bond donors (Lipinski definition) is 0. The van der Waals surface area contributed by atoms with E-state index in [1.165, 1.54) is 0 Å². The van der Waals surface area contributed by atoms with Crippen molar-refractivity contribution in [2.75, 3.05) is 0 Å². The van der Waals surface area contributed by atoms with Crippen molar-refractivity contribution >= 4 is 169 Å². The minimum atomic E-state index is -2.81. The molecule has 0 spiro atoms. The Bertz CT molecular complexity index is 639. The molecule has 0 fully saturated rings. The van der Waals surface area contributed by atoms with Gasteiger partial charge in [0.25, 0.3) is 0 Å². The predicted octanol–water partition coefficient (Wildman–Crippen LogP) is 11.1. The van der Waals surface area contributed by atoms with Crippen molar-refractivity contribution in [2.45, 2.75) is 87.8 Å². The van der Waals surface area contributed by atoms with Gasteiger partial charge in [0.2, 0.25) is 0 Å². The van der Waals surface area contributed by atoms with Crippen LogP contribution in [0, 0.1) is 0 Å². The summed E-state index contributed by atoms with van der Waals surface area (Å²) in [6, 6.07) is -9.58. The molecule has 0 aliphatic carbocycles. The van der Waals surface area contributed by atoms with E-state index >= 15 is 0 Å². The number of esters is 2. The Hall–Kier alpha value is 3.03. The number of carbonyl (C=O) groups excluding carboxylic acids is 2. The van der Waals surface area contributed by atoms with Crippen LogP contribution in [0.4, 0.5) is 0 Å². The second kappa shape index (κ2) is 20.1. The largest absolute Gasteiger partial charge is 0.459 e. The maximum absolute atomic E-state index is 12.4. The number of ether oxygens (including phenoxy) is 2. The summed E-state index contributed by atoms with van der Waals surface area (Å²) in [6.07, 6.45) is 5.08. The maximum Gasteiger partial charge on any atom is 0.341 e. The van der Waals surface area contributed by atoms with Gasteiger partial charge in [0.15, 0.2) is 0 Å². The first kappa shape index (κ1) is 41.0. The smallest absolute Gasteiger partial charge is 0.341 e. The van der Waals surface area contributed by atoms with Crippen LogP contribution < -0.4 is 0 Å². The molecule has 0 bridgehead atoms. The summed E-state index contributed by atoms with van der Waals surface area (Å²) >= 11 is 71.3. The summed E-state index contributed by atoms with van der Waals surface area (Å²) in [6.45, 7) is 0. The van der Waals surface area contributed by atoms with Crippen LogP contribution in [0.1, 0.15) is 51.4 Å². The number of hydrogen-bond acceptors (Lipinski definition) is 4. The summed E-state index contributed by atoms with van der Waals surface area (Å²) in [7, 11) is 0. The molecule has 0 atom stereocenters. The van der Waals surface area contributed by atoms with Gasteiger partial charge in [-0.1, -0.05) is 0 Å². The van der Waals surface area contributed by atoms with Crippen molar-refractivity contribution < 1.29 is 19.1 Å². The van der Waals surface area contributed by atoms with Gasteiger partial charge in [-0.15, -0.1) is 133 Å². The Balaban J connectivity index is 4.99. The van der Waals surface area contributed by atoms with Gasteiger partial charge < -0.3 is 9.47 Å². The molecule has 0 aromatic carbocycles. The lowest BCUT2D eigenvalue weighted by atomic mass is 10.1. The standard InChI is InChI=1S/C18H28Cl12O4Si4/c19-35(20,21)11-1-5-15(6-2-12-36(22,23)24)33-17(31)9-10-18(32)34-16(7-3-13-37(25,26)27)8-4-14-38(28,29)30/h9-10,15-16H,1-8,11-14H2/b10-9+. The first-order valence-electron chi connectivity index (χ1n) is 11.5. The molecule has 0 rings (SSSR count). The topological polar surface area (TPSA) is 52.6 Å². The quantitative estimate of drug-likeness (QED) is 0.0530. The average Bonchev–Trinajstić information content (AvgIpc) is 2.68. The molecule has 0 unspecified atom stereocenters. The summed E-state index contributed by atoms with van der Waals surface area (Å²) in [5.74, 6) is -1.43. The zero-order valence-electron chi connectivity index (χ0n) is 20.0. The van der Waals surface area contributed by atoms with Crippen LogP contribution in [-0.4, -0.2) is 48.2 Å². The molecule has 224 valence electrons. The lowest BCUT2D eigenvalue weighted by Crippen LogP contribution is -2.21. The molecule has 0 aliphatic heterocycles. The van der Waals surface area contributed by atoms with Crippen molar-refractivity contribution in [1.82, 2.24) is 0 Å². The van der Waals surface area contributed by atoms with Crippen molar-refractivity contribution in [2.24, 2.45) is 0 Å². The second-order valence-corrected chi connectivity index (χ2v) is 45.6. The lowest BCUT2D eigenvalue weighted by molar-refractivity contribution is -0.146. The van der Waals surface area contributed by atoms with E-state index in [4.69, 9.17) is 142 Å². The third kappa shape index (κ3) is 29.1. The highest BCUT2D eigenvalue weighted by Crippen LogP contribution is 2.32. The van der Waals surface area contributed by atoms with Gasteiger partial charge in [-0.2, -0.15) is 0 Å². The van der Waals surface area contributed by atoms with Crippen LogP contribution in [0.2, 0.25) is 24.2 Å². The van der Waals surface area contributed by atoms with Crippen molar-refractivity contribution in [3.8, 4) is 0 Å². The van der Waals surface area contributed by atoms with Gasteiger partial charge in [-0.05, 0) is 75.5 Å². The Morgan fingerprint density at radius 3 is 0.868 bits per heavy atom. The van der Waals surface area contributed by atoms with Crippen LogP contribution in [0.3, 0.4) is 0 Å². The summed E-state index contributed by atoms with van der Waals surface area (Å²) in [5.41, 5.74) is 0. The minimum Gasteiger partial charge on any atom is -0.459 e. The first-order chi connectivity index (χ1) is 17.2. The van der Waals surface area contributed by atoms with E-state index in [-0.39, 0.29) is 0 Å². The van der Waals surface area contributed by atoms with Crippen LogP contribution in [0.15, 0.2) is 12.2 Å². The summed E-state index contributed by atoms with van der Waals surface area (Å²) in [4.78, 5) is 24.8. The molecule has 38 heavy (non-hydrogen) atoms. The Labute approximate surface area is 284 Å². The number of carbonyl (C=O) groups is 2. The molecule has 4 nitrogen and oxygen atoms in total. The second-order valence-electron chi connectivity index (χ2n) is 8.48. The molecule has 0 aromatic heterocycles. The van der Waals surface area contributed by atoms with Gasteiger partial charge in [-0.3, -0.25) is 0 Å². The van der Waals surface area contributed by atoms with Crippen molar-refractivity contribution in [1.29, 1.82) is 0 Å².